The first kappa shape index (κ1) is 15.4. The molecule has 0 aliphatic carbocycles. The van der Waals surface area contributed by atoms with E-state index in [1.165, 1.54) is 17.0 Å². The molecule has 1 unspecified atom stereocenters. The summed E-state index contributed by atoms with van der Waals surface area (Å²) in [5.41, 5.74) is 1.23. The van der Waals surface area contributed by atoms with Crippen LogP contribution in [0.15, 0.2) is 18.2 Å². The van der Waals surface area contributed by atoms with Crippen molar-refractivity contribution >= 4 is 22.9 Å². The number of amides is 1. The Labute approximate surface area is 131 Å². The van der Waals surface area contributed by atoms with Gasteiger partial charge in [-0.25, -0.2) is 14.2 Å². The fourth-order valence-electron chi connectivity index (χ4n) is 2.56. The van der Waals surface area contributed by atoms with Crippen LogP contribution in [0.1, 0.15) is 12.2 Å². The van der Waals surface area contributed by atoms with Crippen molar-refractivity contribution in [2.45, 2.75) is 18.9 Å². The molecule has 0 bridgehead atoms. The van der Waals surface area contributed by atoms with Crippen LogP contribution in [0.3, 0.4) is 0 Å². The number of aromatic nitrogens is 2. The second-order valence-electron chi connectivity index (χ2n) is 5.38. The Hall–Kier alpha value is -2.48. The molecule has 1 saturated heterocycles. The molecule has 1 aromatic carbocycles. The summed E-state index contributed by atoms with van der Waals surface area (Å²) in [5, 5.41) is 8.94. The molecule has 0 saturated carbocycles. The Balaban J connectivity index is 1.60. The third kappa shape index (κ3) is 3.48. The molecule has 1 amide bonds. The summed E-state index contributed by atoms with van der Waals surface area (Å²) in [6, 6.07) is 4.26. The molecule has 2 heterocycles. The van der Waals surface area contributed by atoms with Gasteiger partial charge >= 0.3 is 5.97 Å². The van der Waals surface area contributed by atoms with Crippen molar-refractivity contribution in [2.75, 3.05) is 19.7 Å². The largest absolute Gasteiger partial charge is 0.479 e. The molecule has 1 atom stereocenters. The van der Waals surface area contributed by atoms with Crippen LogP contribution in [0.4, 0.5) is 4.39 Å². The lowest BCUT2D eigenvalue weighted by molar-refractivity contribution is -0.159. The molecule has 1 fully saturated rings. The summed E-state index contributed by atoms with van der Waals surface area (Å²) in [6.07, 6.45) is -0.388. The number of benzene rings is 1. The van der Waals surface area contributed by atoms with E-state index in [0.29, 0.717) is 29.8 Å². The summed E-state index contributed by atoms with van der Waals surface area (Å²) in [5.74, 6) is -0.966. The molecule has 2 N–H and O–H groups in total. The van der Waals surface area contributed by atoms with E-state index in [1.807, 2.05) is 0 Å². The van der Waals surface area contributed by atoms with Gasteiger partial charge in [-0.2, -0.15) is 0 Å². The quantitative estimate of drug-likeness (QED) is 0.874. The van der Waals surface area contributed by atoms with Gasteiger partial charge in [-0.1, -0.05) is 0 Å². The number of nitrogens with one attached hydrogen (secondary N) is 1. The zero-order valence-corrected chi connectivity index (χ0v) is 12.3. The lowest BCUT2D eigenvalue weighted by Gasteiger charge is -2.30. The van der Waals surface area contributed by atoms with Gasteiger partial charge in [-0.3, -0.25) is 4.79 Å². The molecule has 2 aromatic rings. The van der Waals surface area contributed by atoms with Gasteiger partial charge in [0, 0.05) is 19.4 Å². The smallest absolute Gasteiger partial charge is 0.334 e. The number of ether oxygens (including phenoxy) is 1. The highest BCUT2D eigenvalue weighted by atomic mass is 19.1. The third-order valence-corrected chi connectivity index (χ3v) is 3.76. The number of hydrogen-bond acceptors (Lipinski definition) is 4. The van der Waals surface area contributed by atoms with E-state index in [9.17, 15) is 14.0 Å². The Kier molecular flexibility index (Phi) is 4.24. The number of carbonyl (C=O) groups is 2. The molecular formula is C15H16FN3O4. The van der Waals surface area contributed by atoms with Crippen LogP contribution in [0.25, 0.3) is 11.0 Å². The van der Waals surface area contributed by atoms with Crippen molar-refractivity contribution < 1.29 is 23.8 Å². The molecule has 0 radical (unpaired) electrons. The van der Waals surface area contributed by atoms with Gasteiger partial charge in [-0.15, -0.1) is 0 Å². The number of imidazole rings is 1. The fraction of sp³-hybridized carbons (Fsp3) is 0.400. The number of aliphatic carboxylic acids is 1. The zero-order valence-electron chi connectivity index (χ0n) is 12.3. The van der Waals surface area contributed by atoms with E-state index in [4.69, 9.17) is 9.84 Å². The number of fused-ring (bicyclic) bond motifs is 1. The molecule has 8 heteroatoms. The molecule has 3 rings (SSSR count). The molecule has 0 spiro atoms. The highest BCUT2D eigenvalue weighted by molar-refractivity contribution is 5.79. The van der Waals surface area contributed by atoms with Crippen molar-refractivity contribution in [3.8, 4) is 0 Å². The normalized spacial score (nSPS) is 18.3. The molecule has 23 heavy (non-hydrogen) atoms. The highest BCUT2D eigenvalue weighted by Crippen LogP contribution is 2.14. The molecule has 1 aliphatic rings. The van der Waals surface area contributed by atoms with Crippen molar-refractivity contribution in [3.05, 3.63) is 29.8 Å². The Morgan fingerprint density at radius 1 is 1.48 bits per heavy atom. The average molecular weight is 321 g/mol. The minimum Gasteiger partial charge on any atom is -0.479 e. The number of carboxylic acids is 1. The maximum atomic E-state index is 13.1. The van der Waals surface area contributed by atoms with Crippen LogP contribution in [-0.4, -0.2) is 57.7 Å². The summed E-state index contributed by atoms with van der Waals surface area (Å²) in [6.45, 7) is 0.653. The van der Waals surface area contributed by atoms with E-state index in [1.54, 1.807) is 6.07 Å². The topological polar surface area (TPSA) is 95.5 Å². The summed E-state index contributed by atoms with van der Waals surface area (Å²) < 4.78 is 18.2. The van der Waals surface area contributed by atoms with E-state index in [-0.39, 0.29) is 31.3 Å². The standard InChI is InChI=1S/C15H16FN3O4/c16-9-1-2-10-11(7-9)18-13(17-10)3-4-14(20)19-5-6-23-12(8-19)15(21)22/h1-2,7,12H,3-6,8H2,(H,17,18)(H,21,22). The predicted molar refractivity (Wildman–Crippen MR) is 78.3 cm³/mol. The van der Waals surface area contributed by atoms with Crippen molar-refractivity contribution in [2.24, 2.45) is 0 Å². The van der Waals surface area contributed by atoms with Gasteiger partial charge in [0.25, 0.3) is 0 Å². The lowest BCUT2D eigenvalue weighted by atomic mass is 10.2. The van der Waals surface area contributed by atoms with E-state index in [0.717, 1.165) is 0 Å². The first-order valence-corrected chi connectivity index (χ1v) is 7.29. The zero-order chi connectivity index (χ0) is 16.4. The predicted octanol–water partition coefficient (Wildman–Crippen LogP) is 0.947. The lowest BCUT2D eigenvalue weighted by Crippen LogP contribution is -2.48. The number of carbonyl (C=O) groups excluding carboxylic acids is 1. The van der Waals surface area contributed by atoms with Gasteiger partial charge in [0.05, 0.1) is 24.2 Å². The minimum atomic E-state index is -1.07. The number of H-pyrrole nitrogens is 1. The van der Waals surface area contributed by atoms with Crippen LogP contribution in [0.2, 0.25) is 0 Å². The second-order valence-corrected chi connectivity index (χ2v) is 5.38. The number of carboxylic acid groups (broad SMARTS) is 1. The number of aryl methyl sites for hydroxylation is 1. The minimum absolute atomic E-state index is 0.0551. The van der Waals surface area contributed by atoms with Gasteiger partial charge in [0.15, 0.2) is 6.10 Å². The maximum Gasteiger partial charge on any atom is 0.334 e. The van der Waals surface area contributed by atoms with Crippen LogP contribution in [-0.2, 0) is 20.7 Å². The van der Waals surface area contributed by atoms with Crippen LogP contribution >= 0.6 is 0 Å². The number of nitrogens with zero attached hydrogens (tertiary/aromatic N) is 2. The van der Waals surface area contributed by atoms with Crippen molar-refractivity contribution in [1.29, 1.82) is 0 Å². The van der Waals surface area contributed by atoms with Gasteiger partial charge in [-0.05, 0) is 18.2 Å². The SMILES string of the molecule is O=C(O)C1CN(C(=O)CCc2nc3ccc(F)cc3[nH]2)CCO1. The van der Waals surface area contributed by atoms with Gasteiger partial charge in [0.2, 0.25) is 5.91 Å². The maximum absolute atomic E-state index is 13.1. The van der Waals surface area contributed by atoms with E-state index >= 15 is 0 Å². The van der Waals surface area contributed by atoms with Crippen molar-refractivity contribution in [3.63, 3.8) is 0 Å². The molecular weight excluding hydrogens is 305 g/mol. The first-order valence-electron chi connectivity index (χ1n) is 7.29. The third-order valence-electron chi connectivity index (χ3n) is 3.76. The Morgan fingerprint density at radius 2 is 2.30 bits per heavy atom. The monoisotopic (exact) mass is 321 g/mol. The van der Waals surface area contributed by atoms with Gasteiger partial charge in [0.1, 0.15) is 11.6 Å². The first-order chi connectivity index (χ1) is 11.0. The second kappa shape index (κ2) is 6.33. The Morgan fingerprint density at radius 3 is 3.09 bits per heavy atom. The highest BCUT2D eigenvalue weighted by Gasteiger charge is 2.28. The number of rotatable bonds is 4. The molecule has 1 aliphatic heterocycles. The van der Waals surface area contributed by atoms with Crippen molar-refractivity contribution in [1.82, 2.24) is 14.9 Å². The van der Waals surface area contributed by atoms with Crippen LogP contribution in [0.5, 0.6) is 0 Å². The number of halogens is 1. The number of morpholine rings is 1. The Bertz CT molecular complexity index is 745. The summed E-state index contributed by atoms with van der Waals surface area (Å²) in [7, 11) is 0. The van der Waals surface area contributed by atoms with Gasteiger partial charge < -0.3 is 19.7 Å². The summed E-state index contributed by atoms with van der Waals surface area (Å²) in [4.78, 5) is 31.9. The van der Waals surface area contributed by atoms with Crippen LogP contribution < -0.4 is 0 Å². The molecule has 1 aromatic heterocycles. The fourth-order valence-corrected chi connectivity index (χ4v) is 2.56. The van der Waals surface area contributed by atoms with E-state index in [2.05, 4.69) is 9.97 Å². The molecule has 7 nitrogen and oxygen atoms in total. The van der Waals surface area contributed by atoms with Crippen LogP contribution in [0, 0.1) is 5.82 Å². The molecule has 122 valence electrons. The number of aromatic amines is 1. The summed E-state index contributed by atoms with van der Waals surface area (Å²) >= 11 is 0. The average Bonchev–Trinajstić information content (AvgIpc) is 2.94. The number of hydrogen-bond donors (Lipinski definition) is 2. The van der Waals surface area contributed by atoms with E-state index < -0.39 is 12.1 Å².